The summed E-state index contributed by atoms with van der Waals surface area (Å²) in [5.41, 5.74) is 3.05. The molecule has 1 aliphatic heterocycles. The molecule has 1 N–H and O–H groups in total. The van der Waals surface area contributed by atoms with Crippen molar-refractivity contribution in [1.29, 1.82) is 0 Å². The number of aromatic nitrogens is 4. The van der Waals surface area contributed by atoms with Crippen molar-refractivity contribution >= 4 is 17.3 Å². The third kappa shape index (κ3) is 4.72. The Morgan fingerprint density at radius 2 is 1.92 bits per heavy atom. The average Bonchev–Trinajstić information content (AvgIpc) is 3.29. The molecule has 1 aliphatic rings. The Hall–Kier alpha value is -3.67. The molecule has 0 aromatic carbocycles. The monoisotopic (exact) mass is 503 g/mol. The van der Waals surface area contributed by atoms with E-state index in [4.69, 9.17) is 9.72 Å². The molecule has 4 heterocycles. The number of fused-ring (bicyclic) bond motifs is 1. The number of nitrogens with zero attached hydrogens (tertiary/aromatic N) is 6. The van der Waals surface area contributed by atoms with Crippen LogP contribution < -0.4 is 15.0 Å². The van der Waals surface area contributed by atoms with Gasteiger partial charge in [0.25, 0.3) is 5.91 Å². The summed E-state index contributed by atoms with van der Waals surface area (Å²) < 4.78 is 44.6. The molecule has 0 saturated heterocycles. The molecular formula is C24H28F3N7O2. The SMILES string of the molecule is COc1ncc(-c2cc(C)c3c(n2)C(C)(C)N(c2cnn(CC(F)(F)F)c2)C3=O)cc1NCN(C)C. The molecule has 1 amide bonds. The first-order valence-corrected chi connectivity index (χ1v) is 11.2. The number of pyridine rings is 2. The minimum absolute atomic E-state index is 0.273. The summed E-state index contributed by atoms with van der Waals surface area (Å²) >= 11 is 0. The van der Waals surface area contributed by atoms with Crippen molar-refractivity contribution in [1.82, 2.24) is 24.6 Å². The Kier molecular flexibility index (Phi) is 6.41. The molecule has 0 spiro atoms. The van der Waals surface area contributed by atoms with Crippen LogP contribution in [0.5, 0.6) is 5.88 Å². The number of aryl methyl sites for hydroxylation is 1. The fourth-order valence-electron chi connectivity index (χ4n) is 4.31. The van der Waals surface area contributed by atoms with Crippen LogP contribution in [0.25, 0.3) is 11.3 Å². The van der Waals surface area contributed by atoms with Crippen LogP contribution in [0.15, 0.2) is 30.7 Å². The molecule has 0 fully saturated rings. The third-order valence-electron chi connectivity index (χ3n) is 5.92. The maximum Gasteiger partial charge on any atom is 0.408 e. The first-order chi connectivity index (χ1) is 16.8. The van der Waals surface area contributed by atoms with Gasteiger partial charge in [-0.3, -0.25) is 19.3 Å². The van der Waals surface area contributed by atoms with Gasteiger partial charge in [0.15, 0.2) is 0 Å². The van der Waals surface area contributed by atoms with E-state index < -0.39 is 18.3 Å². The van der Waals surface area contributed by atoms with Crippen molar-refractivity contribution in [2.75, 3.05) is 38.1 Å². The summed E-state index contributed by atoms with van der Waals surface area (Å²) in [6.45, 7) is 4.76. The predicted molar refractivity (Wildman–Crippen MR) is 129 cm³/mol. The van der Waals surface area contributed by atoms with E-state index in [9.17, 15) is 18.0 Å². The Bertz CT molecular complexity index is 1300. The zero-order chi connectivity index (χ0) is 26.4. The second-order valence-electron chi connectivity index (χ2n) is 9.45. The number of alkyl halides is 3. The number of anilines is 2. The summed E-state index contributed by atoms with van der Waals surface area (Å²) in [6, 6.07) is 3.69. The summed E-state index contributed by atoms with van der Waals surface area (Å²) in [7, 11) is 5.40. The Balaban J connectivity index is 1.73. The number of ether oxygens (including phenoxy) is 1. The molecule has 0 aliphatic carbocycles. The van der Waals surface area contributed by atoms with E-state index in [1.807, 2.05) is 51.9 Å². The van der Waals surface area contributed by atoms with Gasteiger partial charge in [0.05, 0.1) is 53.8 Å². The van der Waals surface area contributed by atoms with Crippen molar-refractivity contribution < 1.29 is 22.7 Å². The van der Waals surface area contributed by atoms with Gasteiger partial charge in [-0.1, -0.05) is 0 Å². The molecule has 4 rings (SSSR count). The molecule has 0 unspecified atom stereocenters. The highest BCUT2D eigenvalue weighted by Crippen LogP contribution is 2.43. The number of amides is 1. The van der Waals surface area contributed by atoms with Crippen molar-refractivity contribution in [3.05, 3.63) is 47.5 Å². The van der Waals surface area contributed by atoms with E-state index in [-0.39, 0.29) is 11.6 Å². The van der Waals surface area contributed by atoms with Gasteiger partial charge in [-0.05, 0) is 52.6 Å². The lowest BCUT2D eigenvalue weighted by molar-refractivity contribution is -0.142. The highest BCUT2D eigenvalue weighted by atomic mass is 19.4. The van der Waals surface area contributed by atoms with Crippen molar-refractivity contribution in [2.24, 2.45) is 0 Å². The fraction of sp³-hybridized carbons (Fsp3) is 0.417. The number of methoxy groups -OCH3 is 1. The molecule has 0 radical (unpaired) electrons. The highest BCUT2D eigenvalue weighted by molar-refractivity contribution is 6.12. The van der Waals surface area contributed by atoms with E-state index in [0.717, 1.165) is 10.2 Å². The molecule has 0 atom stereocenters. The number of rotatable bonds is 7. The number of hydrogen-bond donors (Lipinski definition) is 1. The summed E-state index contributed by atoms with van der Waals surface area (Å²) in [5.74, 6) is 0.107. The van der Waals surface area contributed by atoms with Crippen LogP contribution >= 0.6 is 0 Å². The van der Waals surface area contributed by atoms with E-state index in [1.165, 1.54) is 17.3 Å². The summed E-state index contributed by atoms with van der Waals surface area (Å²) in [5, 5.41) is 7.07. The van der Waals surface area contributed by atoms with Gasteiger partial charge in [0.2, 0.25) is 5.88 Å². The van der Waals surface area contributed by atoms with Gasteiger partial charge < -0.3 is 10.1 Å². The van der Waals surface area contributed by atoms with E-state index in [1.54, 1.807) is 13.3 Å². The molecule has 192 valence electrons. The highest BCUT2D eigenvalue weighted by Gasteiger charge is 2.47. The smallest absolute Gasteiger partial charge is 0.408 e. The number of halogens is 3. The Labute approximate surface area is 206 Å². The number of carbonyl (C=O) groups is 1. The third-order valence-corrected chi connectivity index (χ3v) is 5.92. The molecule has 12 heteroatoms. The van der Waals surface area contributed by atoms with Gasteiger partial charge in [0, 0.05) is 18.0 Å². The van der Waals surface area contributed by atoms with Crippen LogP contribution in [-0.4, -0.2) is 64.6 Å². The maximum absolute atomic E-state index is 13.4. The van der Waals surface area contributed by atoms with Gasteiger partial charge >= 0.3 is 6.18 Å². The minimum atomic E-state index is -4.42. The van der Waals surface area contributed by atoms with Crippen molar-refractivity contribution in [3.63, 3.8) is 0 Å². The predicted octanol–water partition coefficient (Wildman–Crippen LogP) is 4.05. The first-order valence-electron chi connectivity index (χ1n) is 11.2. The zero-order valence-electron chi connectivity index (χ0n) is 20.9. The summed E-state index contributed by atoms with van der Waals surface area (Å²) in [4.78, 5) is 26.1. The van der Waals surface area contributed by atoms with Crippen LogP contribution in [0.1, 0.15) is 35.5 Å². The fourth-order valence-corrected chi connectivity index (χ4v) is 4.31. The average molecular weight is 504 g/mol. The van der Waals surface area contributed by atoms with E-state index in [0.29, 0.717) is 40.8 Å². The normalized spacial score (nSPS) is 14.9. The van der Waals surface area contributed by atoms with Crippen LogP contribution in [0.4, 0.5) is 24.5 Å². The largest absolute Gasteiger partial charge is 0.480 e. The second-order valence-corrected chi connectivity index (χ2v) is 9.45. The molecule has 0 saturated carbocycles. The van der Waals surface area contributed by atoms with E-state index >= 15 is 0 Å². The molecule has 36 heavy (non-hydrogen) atoms. The Morgan fingerprint density at radius 1 is 1.19 bits per heavy atom. The number of hydrogen-bond acceptors (Lipinski definition) is 7. The first kappa shape index (κ1) is 25.4. The molecule has 3 aromatic heterocycles. The van der Waals surface area contributed by atoms with Crippen LogP contribution in [-0.2, 0) is 12.1 Å². The second kappa shape index (κ2) is 9.08. The lowest BCUT2D eigenvalue weighted by atomic mass is 9.96. The molecule has 0 bridgehead atoms. The number of nitrogens with one attached hydrogen (secondary N) is 1. The Morgan fingerprint density at radius 3 is 2.56 bits per heavy atom. The van der Waals surface area contributed by atoms with Gasteiger partial charge in [-0.25, -0.2) is 9.97 Å². The zero-order valence-corrected chi connectivity index (χ0v) is 20.9. The van der Waals surface area contributed by atoms with Crippen molar-refractivity contribution in [2.45, 2.75) is 39.0 Å². The van der Waals surface area contributed by atoms with E-state index in [2.05, 4.69) is 15.4 Å². The van der Waals surface area contributed by atoms with Crippen molar-refractivity contribution in [3.8, 4) is 17.1 Å². The van der Waals surface area contributed by atoms with Crippen LogP contribution in [0.3, 0.4) is 0 Å². The van der Waals surface area contributed by atoms with Gasteiger partial charge in [-0.2, -0.15) is 18.3 Å². The standard InChI is InChI=1S/C24H28F3N7O2/c1-14-7-17(15-8-18(29-13-32(4)5)21(36-6)28-9-15)31-20-19(14)22(35)34(23(20,2)3)16-10-30-33(11-16)12-24(25,26)27/h7-11,29H,12-13H2,1-6H3. The number of carbonyl (C=O) groups excluding carboxylic acids is 1. The quantitative estimate of drug-likeness (QED) is 0.487. The maximum atomic E-state index is 13.4. The lowest BCUT2D eigenvalue weighted by Crippen LogP contribution is -2.39. The summed E-state index contributed by atoms with van der Waals surface area (Å²) in [6.07, 6.45) is -0.276. The molecule has 9 nitrogen and oxygen atoms in total. The van der Waals surface area contributed by atoms with Gasteiger partial charge in [0.1, 0.15) is 6.54 Å². The van der Waals surface area contributed by atoms with Crippen LogP contribution in [0.2, 0.25) is 0 Å². The molecular weight excluding hydrogens is 475 g/mol. The van der Waals surface area contributed by atoms with Gasteiger partial charge in [-0.15, -0.1) is 0 Å². The lowest BCUT2D eigenvalue weighted by Gasteiger charge is -2.30. The minimum Gasteiger partial charge on any atom is -0.480 e. The van der Waals surface area contributed by atoms with Crippen LogP contribution in [0, 0.1) is 6.92 Å². The topological polar surface area (TPSA) is 88.4 Å². The molecule has 3 aromatic rings.